The molecule has 0 saturated carbocycles. The molecule has 0 radical (unpaired) electrons. The second kappa shape index (κ2) is 6.46. The monoisotopic (exact) mass is 282 g/mol. The second-order valence-electron chi connectivity index (χ2n) is 6.10. The minimum absolute atomic E-state index is 0.976. The zero-order valence-electron chi connectivity index (χ0n) is 13.3. The van der Waals surface area contributed by atoms with Crippen LogP contribution in [-0.4, -0.2) is 11.5 Å². The summed E-state index contributed by atoms with van der Waals surface area (Å²) in [6, 6.07) is 6.82. The van der Waals surface area contributed by atoms with Crippen LogP contribution in [0.4, 0.5) is 5.69 Å². The molecule has 21 heavy (non-hydrogen) atoms. The number of aryl methyl sites for hydroxylation is 2. The predicted molar refractivity (Wildman–Crippen MR) is 91.2 cm³/mol. The maximum atomic E-state index is 4.98. The number of rotatable bonds is 4. The quantitative estimate of drug-likeness (QED) is 0.808. The van der Waals surface area contributed by atoms with Crippen molar-refractivity contribution in [3.05, 3.63) is 35.0 Å². The van der Waals surface area contributed by atoms with Crippen molar-refractivity contribution in [3.63, 3.8) is 0 Å². The zero-order valence-corrected chi connectivity index (χ0v) is 13.3. The Labute approximate surface area is 128 Å². The summed E-state index contributed by atoms with van der Waals surface area (Å²) in [6.45, 7) is 5.40. The van der Waals surface area contributed by atoms with Gasteiger partial charge in [-0.05, 0) is 62.3 Å². The maximum absolute atomic E-state index is 4.98. The Hall–Kier alpha value is -1.57. The molecule has 1 aliphatic rings. The van der Waals surface area contributed by atoms with Crippen molar-refractivity contribution in [1.82, 2.24) is 4.98 Å². The van der Waals surface area contributed by atoms with Crippen LogP contribution in [0, 0.1) is 0 Å². The molecule has 2 heteroatoms. The largest absolute Gasteiger partial charge is 0.384 e. The van der Waals surface area contributed by atoms with E-state index in [2.05, 4.69) is 37.4 Å². The number of nitrogens with one attached hydrogen (secondary N) is 1. The fourth-order valence-electron chi connectivity index (χ4n) is 3.47. The third kappa shape index (κ3) is 2.90. The average molecular weight is 282 g/mol. The fraction of sp³-hybridized carbons (Fsp3) is 0.526. The number of hydrogen-bond donors (Lipinski definition) is 1. The minimum atomic E-state index is 0.976. The summed E-state index contributed by atoms with van der Waals surface area (Å²) >= 11 is 0. The molecule has 1 aliphatic carbocycles. The smallest absolute Gasteiger partial charge is 0.0726 e. The lowest BCUT2D eigenvalue weighted by atomic mass is 9.99. The Balaban J connectivity index is 2.19. The molecular formula is C19H26N2. The molecule has 0 spiro atoms. The van der Waals surface area contributed by atoms with Crippen LogP contribution >= 0.6 is 0 Å². The summed E-state index contributed by atoms with van der Waals surface area (Å²) in [4.78, 5) is 4.98. The Morgan fingerprint density at radius 3 is 2.76 bits per heavy atom. The SMILES string of the molecule is CCCc1ccc2nc3c(c(NCC)c2c1)CCCCC3. The summed E-state index contributed by atoms with van der Waals surface area (Å²) in [5, 5.41) is 4.96. The van der Waals surface area contributed by atoms with E-state index in [9.17, 15) is 0 Å². The van der Waals surface area contributed by atoms with Gasteiger partial charge in [0.15, 0.2) is 0 Å². The average Bonchev–Trinajstić information content (AvgIpc) is 2.73. The summed E-state index contributed by atoms with van der Waals surface area (Å²) in [5.41, 5.74) is 6.76. The van der Waals surface area contributed by atoms with Crippen LogP contribution in [0.25, 0.3) is 10.9 Å². The lowest BCUT2D eigenvalue weighted by Gasteiger charge is -2.17. The fourth-order valence-corrected chi connectivity index (χ4v) is 3.47. The molecule has 1 N–H and O–H groups in total. The maximum Gasteiger partial charge on any atom is 0.0726 e. The first kappa shape index (κ1) is 14.4. The lowest BCUT2D eigenvalue weighted by molar-refractivity contribution is 0.709. The van der Waals surface area contributed by atoms with Gasteiger partial charge in [-0.15, -0.1) is 0 Å². The van der Waals surface area contributed by atoms with Gasteiger partial charge in [-0.2, -0.15) is 0 Å². The first-order chi connectivity index (χ1) is 10.3. The van der Waals surface area contributed by atoms with E-state index in [1.54, 1.807) is 0 Å². The molecule has 0 bridgehead atoms. The van der Waals surface area contributed by atoms with E-state index in [0.717, 1.165) is 24.9 Å². The Bertz CT molecular complexity index is 631. The first-order valence-electron chi connectivity index (χ1n) is 8.51. The minimum Gasteiger partial charge on any atom is -0.384 e. The van der Waals surface area contributed by atoms with E-state index >= 15 is 0 Å². The van der Waals surface area contributed by atoms with Gasteiger partial charge in [-0.3, -0.25) is 4.98 Å². The molecule has 0 fully saturated rings. The molecule has 3 rings (SSSR count). The van der Waals surface area contributed by atoms with Crippen LogP contribution in [0.2, 0.25) is 0 Å². The topological polar surface area (TPSA) is 24.9 Å². The van der Waals surface area contributed by atoms with Gasteiger partial charge in [0.2, 0.25) is 0 Å². The lowest BCUT2D eigenvalue weighted by Crippen LogP contribution is -2.06. The predicted octanol–water partition coefficient (Wildman–Crippen LogP) is 4.89. The van der Waals surface area contributed by atoms with Gasteiger partial charge < -0.3 is 5.32 Å². The molecule has 0 atom stereocenters. The summed E-state index contributed by atoms with van der Waals surface area (Å²) < 4.78 is 0. The van der Waals surface area contributed by atoms with Crippen LogP contribution in [0.5, 0.6) is 0 Å². The van der Waals surface area contributed by atoms with Crippen molar-refractivity contribution in [3.8, 4) is 0 Å². The van der Waals surface area contributed by atoms with Crippen molar-refractivity contribution in [2.24, 2.45) is 0 Å². The number of aromatic nitrogens is 1. The van der Waals surface area contributed by atoms with Gasteiger partial charge in [-0.25, -0.2) is 0 Å². The van der Waals surface area contributed by atoms with Gasteiger partial charge >= 0.3 is 0 Å². The number of benzene rings is 1. The van der Waals surface area contributed by atoms with Gasteiger partial charge in [0.25, 0.3) is 0 Å². The highest BCUT2D eigenvalue weighted by Crippen LogP contribution is 2.33. The number of fused-ring (bicyclic) bond motifs is 2. The molecule has 0 aliphatic heterocycles. The highest BCUT2D eigenvalue weighted by Gasteiger charge is 2.17. The Kier molecular flexibility index (Phi) is 4.42. The summed E-state index contributed by atoms with van der Waals surface area (Å²) in [5.74, 6) is 0. The van der Waals surface area contributed by atoms with E-state index < -0.39 is 0 Å². The van der Waals surface area contributed by atoms with Crippen molar-refractivity contribution in [1.29, 1.82) is 0 Å². The van der Waals surface area contributed by atoms with Gasteiger partial charge in [0, 0.05) is 23.3 Å². The van der Waals surface area contributed by atoms with Crippen LogP contribution in [-0.2, 0) is 19.3 Å². The van der Waals surface area contributed by atoms with E-state index in [-0.39, 0.29) is 0 Å². The van der Waals surface area contributed by atoms with Crippen LogP contribution in [0.3, 0.4) is 0 Å². The molecule has 0 saturated heterocycles. The molecule has 0 amide bonds. The second-order valence-corrected chi connectivity index (χ2v) is 6.10. The van der Waals surface area contributed by atoms with Crippen molar-refractivity contribution < 1.29 is 0 Å². The van der Waals surface area contributed by atoms with Crippen molar-refractivity contribution in [2.45, 2.75) is 58.8 Å². The van der Waals surface area contributed by atoms with Crippen LogP contribution < -0.4 is 5.32 Å². The molecule has 0 unspecified atom stereocenters. The summed E-state index contributed by atoms with van der Waals surface area (Å²) in [7, 11) is 0. The zero-order chi connectivity index (χ0) is 14.7. The highest BCUT2D eigenvalue weighted by molar-refractivity contribution is 5.94. The van der Waals surface area contributed by atoms with Gasteiger partial charge in [0.1, 0.15) is 0 Å². The molecule has 112 valence electrons. The Morgan fingerprint density at radius 2 is 1.95 bits per heavy atom. The van der Waals surface area contributed by atoms with Crippen molar-refractivity contribution >= 4 is 16.6 Å². The van der Waals surface area contributed by atoms with E-state index in [1.807, 2.05) is 0 Å². The van der Waals surface area contributed by atoms with Gasteiger partial charge in [0.05, 0.1) is 5.52 Å². The third-order valence-electron chi connectivity index (χ3n) is 4.47. The standard InChI is InChI=1S/C19H26N2/c1-3-8-14-11-12-18-16(13-14)19(20-4-2)15-9-6-5-7-10-17(15)21-18/h11-13H,3-10H2,1-2H3,(H,20,21). The van der Waals surface area contributed by atoms with Gasteiger partial charge in [-0.1, -0.05) is 25.8 Å². The van der Waals surface area contributed by atoms with Crippen LogP contribution in [0.1, 0.15) is 56.4 Å². The normalized spacial score (nSPS) is 14.8. The van der Waals surface area contributed by atoms with Crippen LogP contribution in [0.15, 0.2) is 18.2 Å². The molecule has 1 aromatic carbocycles. The number of anilines is 1. The summed E-state index contributed by atoms with van der Waals surface area (Å²) in [6.07, 6.45) is 8.58. The van der Waals surface area contributed by atoms with Crippen molar-refractivity contribution in [2.75, 3.05) is 11.9 Å². The number of nitrogens with zero attached hydrogens (tertiary/aromatic N) is 1. The third-order valence-corrected chi connectivity index (χ3v) is 4.47. The molecule has 1 aromatic heterocycles. The van der Waals surface area contributed by atoms with E-state index in [0.29, 0.717) is 0 Å². The number of hydrogen-bond acceptors (Lipinski definition) is 2. The first-order valence-corrected chi connectivity index (χ1v) is 8.51. The molecule has 2 nitrogen and oxygen atoms in total. The Morgan fingerprint density at radius 1 is 1.10 bits per heavy atom. The van der Waals surface area contributed by atoms with E-state index in [1.165, 1.54) is 60.0 Å². The molecule has 2 aromatic rings. The molecule has 1 heterocycles. The number of pyridine rings is 1. The van der Waals surface area contributed by atoms with E-state index in [4.69, 9.17) is 4.98 Å². The molecular weight excluding hydrogens is 256 g/mol. The highest BCUT2D eigenvalue weighted by atomic mass is 14.9.